The molecule has 10 nitrogen and oxygen atoms in total. The van der Waals surface area contributed by atoms with Crippen molar-refractivity contribution in [3.63, 3.8) is 0 Å². The lowest BCUT2D eigenvalue weighted by Crippen LogP contribution is -2.66. The van der Waals surface area contributed by atoms with Crippen molar-refractivity contribution in [2.45, 2.75) is 38.1 Å². The van der Waals surface area contributed by atoms with Crippen molar-refractivity contribution in [2.75, 3.05) is 33.2 Å². The number of carbonyl (C=O) groups excluding carboxylic acids is 2. The summed E-state index contributed by atoms with van der Waals surface area (Å²) >= 11 is 0. The highest BCUT2D eigenvalue weighted by Gasteiger charge is 2.53. The average molecular weight is 400 g/mol. The Morgan fingerprint density at radius 2 is 2.21 bits per heavy atom. The lowest BCUT2D eigenvalue weighted by molar-refractivity contribution is -0.153. The minimum atomic E-state index is -0.530. The molecule has 4 heterocycles. The predicted molar refractivity (Wildman–Crippen MR) is 105 cm³/mol. The fourth-order valence-electron chi connectivity index (χ4n) is 4.68. The van der Waals surface area contributed by atoms with Gasteiger partial charge in [-0.2, -0.15) is 20.5 Å². The monoisotopic (exact) mass is 400 g/mol. The summed E-state index contributed by atoms with van der Waals surface area (Å²) in [6, 6.07) is 1.70. The van der Waals surface area contributed by atoms with Gasteiger partial charge in [0.2, 0.25) is 11.8 Å². The van der Waals surface area contributed by atoms with Gasteiger partial charge >= 0.3 is 0 Å². The number of amides is 2. The molecule has 0 spiro atoms. The molecular weight excluding hydrogens is 372 g/mol. The van der Waals surface area contributed by atoms with E-state index in [-0.39, 0.29) is 24.3 Å². The Bertz CT molecular complexity index is 821. The van der Waals surface area contributed by atoms with E-state index in [2.05, 4.69) is 42.9 Å². The normalized spacial score (nSPS) is 24.9. The fourth-order valence-corrected chi connectivity index (χ4v) is 4.68. The Kier molecular flexibility index (Phi) is 5.61. The van der Waals surface area contributed by atoms with Gasteiger partial charge in [-0.05, 0) is 38.9 Å². The molecule has 2 fully saturated rings. The van der Waals surface area contributed by atoms with E-state index in [0.717, 1.165) is 37.2 Å². The smallest absolute Gasteiger partial charge is 0.228 e. The third-order valence-corrected chi connectivity index (χ3v) is 6.26. The maximum absolute atomic E-state index is 13.3. The maximum atomic E-state index is 13.3. The third kappa shape index (κ3) is 4.02. The fraction of sp³-hybridized carbons (Fsp3) is 0.632. The summed E-state index contributed by atoms with van der Waals surface area (Å²) in [4.78, 5) is 30.6. The summed E-state index contributed by atoms with van der Waals surface area (Å²) in [6.45, 7) is 2.78. The lowest BCUT2D eigenvalue weighted by Gasteiger charge is -2.53. The van der Waals surface area contributed by atoms with Crippen molar-refractivity contribution in [2.24, 2.45) is 5.41 Å². The van der Waals surface area contributed by atoms with E-state index in [1.807, 2.05) is 11.0 Å². The second-order valence-corrected chi connectivity index (χ2v) is 8.10. The van der Waals surface area contributed by atoms with Gasteiger partial charge in [0.25, 0.3) is 0 Å². The van der Waals surface area contributed by atoms with Crippen molar-refractivity contribution in [3.05, 3.63) is 29.8 Å². The molecule has 29 heavy (non-hydrogen) atoms. The molecule has 156 valence electrons. The largest absolute Gasteiger partial charge is 0.355 e. The van der Waals surface area contributed by atoms with E-state index in [0.29, 0.717) is 26.1 Å². The first kappa shape index (κ1) is 19.6. The van der Waals surface area contributed by atoms with Crippen LogP contribution in [0.4, 0.5) is 0 Å². The van der Waals surface area contributed by atoms with Gasteiger partial charge < -0.3 is 15.1 Å². The molecule has 0 bridgehead atoms. The standard InChI is InChI=1S/C19H28N8O2/c1-26-10-6-19(18(29)20-7-3-15-12-22-25-24-15)5-2-9-27(16(19)13-26)17(28)11-14-4-8-21-23-14/h4,8,12,16H,2-3,5-7,9-11,13H2,1H3,(H,20,29)(H,21,23)(H,22,24,25)/t16-,19+/m0/s1. The van der Waals surface area contributed by atoms with Crippen LogP contribution < -0.4 is 5.32 Å². The number of carbonyl (C=O) groups is 2. The van der Waals surface area contributed by atoms with Crippen LogP contribution in [0.25, 0.3) is 0 Å². The SMILES string of the molecule is CN1CC[C@]2(C(=O)NCCc3cn[nH]n3)CCCN(C(=O)Cc3ccn[nH]3)[C@H]2C1. The molecule has 4 rings (SSSR count). The van der Waals surface area contributed by atoms with Crippen LogP contribution in [0.3, 0.4) is 0 Å². The maximum Gasteiger partial charge on any atom is 0.228 e. The Labute approximate surface area is 169 Å². The van der Waals surface area contributed by atoms with Crippen LogP contribution in [-0.2, 0) is 22.4 Å². The molecule has 3 N–H and O–H groups in total. The van der Waals surface area contributed by atoms with Gasteiger partial charge in [-0.1, -0.05) is 0 Å². The molecule has 0 aliphatic carbocycles. The van der Waals surface area contributed by atoms with Gasteiger partial charge in [0.1, 0.15) is 0 Å². The molecule has 2 aromatic heterocycles. The van der Waals surface area contributed by atoms with Gasteiger partial charge in [0, 0.05) is 37.9 Å². The first-order valence-corrected chi connectivity index (χ1v) is 10.2. The van der Waals surface area contributed by atoms with Gasteiger partial charge in [-0.25, -0.2) is 0 Å². The van der Waals surface area contributed by atoms with E-state index in [9.17, 15) is 9.59 Å². The Balaban J connectivity index is 1.48. The zero-order valence-corrected chi connectivity index (χ0v) is 16.7. The summed E-state index contributed by atoms with van der Waals surface area (Å²) in [5.74, 6) is 0.104. The van der Waals surface area contributed by atoms with Crippen LogP contribution in [0.15, 0.2) is 18.5 Å². The molecule has 0 unspecified atom stereocenters. The minimum absolute atomic E-state index is 0.0500. The second-order valence-electron chi connectivity index (χ2n) is 8.10. The number of hydrogen-bond acceptors (Lipinski definition) is 6. The topological polar surface area (TPSA) is 123 Å². The van der Waals surface area contributed by atoms with Crippen molar-refractivity contribution in [1.82, 2.24) is 40.7 Å². The van der Waals surface area contributed by atoms with Gasteiger partial charge in [0.05, 0.1) is 29.8 Å². The van der Waals surface area contributed by atoms with Gasteiger partial charge in [-0.3, -0.25) is 14.7 Å². The zero-order chi connectivity index (χ0) is 20.3. The Morgan fingerprint density at radius 1 is 1.31 bits per heavy atom. The number of nitrogens with one attached hydrogen (secondary N) is 3. The Morgan fingerprint density at radius 3 is 2.97 bits per heavy atom. The zero-order valence-electron chi connectivity index (χ0n) is 16.7. The van der Waals surface area contributed by atoms with Crippen LogP contribution in [0, 0.1) is 5.41 Å². The molecule has 2 aliphatic heterocycles. The number of piperidine rings is 2. The van der Waals surface area contributed by atoms with E-state index in [1.54, 1.807) is 12.4 Å². The number of fused-ring (bicyclic) bond motifs is 1. The quantitative estimate of drug-likeness (QED) is 0.614. The highest BCUT2D eigenvalue weighted by Crippen LogP contribution is 2.42. The summed E-state index contributed by atoms with van der Waals surface area (Å²) in [6.07, 6.45) is 6.65. The number of H-pyrrole nitrogens is 2. The average Bonchev–Trinajstić information content (AvgIpc) is 3.41. The molecule has 0 aromatic carbocycles. The number of hydrogen-bond donors (Lipinski definition) is 3. The molecule has 2 amide bonds. The van der Waals surface area contributed by atoms with Crippen LogP contribution in [-0.4, -0.2) is 86.5 Å². The van der Waals surface area contributed by atoms with Crippen LogP contribution in [0.5, 0.6) is 0 Å². The van der Waals surface area contributed by atoms with Crippen molar-refractivity contribution in [1.29, 1.82) is 0 Å². The second kappa shape index (κ2) is 8.32. The molecule has 2 aromatic rings. The summed E-state index contributed by atoms with van der Waals surface area (Å²) in [5, 5.41) is 20.3. The number of rotatable bonds is 6. The summed E-state index contributed by atoms with van der Waals surface area (Å²) in [7, 11) is 2.05. The summed E-state index contributed by atoms with van der Waals surface area (Å²) < 4.78 is 0. The lowest BCUT2D eigenvalue weighted by atomic mass is 9.67. The van der Waals surface area contributed by atoms with E-state index in [4.69, 9.17) is 0 Å². The molecule has 0 saturated carbocycles. The third-order valence-electron chi connectivity index (χ3n) is 6.26. The van der Waals surface area contributed by atoms with Crippen molar-refractivity contribution >= 4 is 11.8 Å². The number of aromatic nitrogens is 5. The van der Waals surface area contributed by atoms with Crippen molar-refractivity contribution < 1.29 is 9.59 Å². The molecule has 2 aliphatic rings. The van der Waals surface area contributed by atoms with Crippen LogP contribution in [0.1, 0.15) is 30.7 Å². The summed E-state index contributed by atoms with van der Waals surface area (Å²) in [5.41, 5.74) is 1.09. The molecule has 2 atom stereocenters. The van der Waals surface area contributed by atoms with Crippen LogP contribution in [0.2, 0.25) is 0 Å². The van der Waals surface area contributed by atoms with Crippen LogP contribution >= 0.6 is 0 Å². The number of likely N-dealkylation sites (tertiary alicyclic amines) is 2. The van der Waals surface area contributed by atoms with E-state index >= 15 is 0 Å². The molecule has 10 heteroatoms. The first-order valence-electron chi connectivity index (χ1n) is 10.2. The highest BCUT2D eigenvalue weighted by atomic mass is 16.2. The number of aromatic amines is 2. The molecule has 0 radical (unpaired) electrons. The number of nitrogens with zero attached hydrogens (tertiary/aromatic N) is 5. The van der Waals surface area contributed by atoms with Gasteiger partial charge in [0.15, 0.2) is 0 Å². The molecular formula is C19H28N8O2. The van der Waals surface area contributed by atoms with E-state index < -0.39 is 5.41 Å². The molecule has 2 saturated heterocycles. The van der Waals surface area contributed by atoms with Gasteiger partial charge in [-0.15, -0.1) is 0 Å². The highest BCUT2D eigenvalue weighted by molar-refractivity contribution is 5.86. The first-order chi connectivity index (χ1) is 14.1. The Hall–Kier alpha value is -2.75. The van der Waals surface area contributed by atoms with E-state index in [1.165, 1.54) is 0 Å². The minimum Gasteiger partial charge on any atom is -0.355 e. The number of likely N-dealkylation sites (N-methyl/N-ethyl adjacent to an activating group) is 1. The predicted octanol–water partition coefficient (Wildman–Crippen LogP) is -0.258. The van der Waals surface area contributed by atoms with Crippen molar-refractivity contribution in [3.8, 4) is 0 Å².